The number of nitrogens with one attached hydrogen (secondary N) is 2. The van der Waals surface area contributed by atoms with E-state index in [4.69, 9.17) is 11.6 Å². The maximum absolute atomic E-state index is 12.3. The second-order valence-electron chi connectivity index (χ2n) is 5.77. The number of fused-ring (bicyclic) bond motifs is 1. The maximum Gasteiger partial charge on any atom is 0.276 e. The molecule has 0 aliphatic rings. The Labute approximate surface area is 158 Å². The van der Waals surface area contributed by atoms with Crippen LogP contribution in [0.3, 0.4) is 0 Å². The highest BCUT2D eigenvalue weighted by atomic mass is 35.5. The first kappa shape index (κ1) is 18.6. The number of halogens is 1. The lowest BCUT2D eigenvalue weighted by Gasteiger charge is -2.13. The van der Waals surface area contributed by atoms with Gasteiger partial charge in [0.2, 0.25) is 5.91 Å². The zero-order valence-electron chi connectivity index (χ0n) is 14.1. The zero-order valence-corrected chi connectivity index (χ0v) is 14.9. The number of hydrogen-bond acceptors (Lipinski definition) is 6. The van der Waals surface area contributed by atoms with E-state index < -0.39 is 11.7 Å². The first-order chi connectivity index (χ1) is 12.9. The number of amides is 1. The van der Waals surface area contributed by atoms with Crippen molar-refractivity contribution in [2.75, 3.05) is 5.32 Å². The molecule has 0 fully saturated rings. The highest BCUT2D eigenvalue weighted by Gasteiger charge is 2.23. The molecule has 0 bridgehead atoms. The average Bonchev–Trinajstić information content (AvgIpc) is 2.62. The number of anilines is 1. The van der Waals surface area contributed by atoms with Crippen molar-refractivity contribution < 1.29 is 15.1 Å². The number of benzene rings is 2. The van der Waals surface area contributed by atoms with Crippen LogP contribution in [-0.2, 0) is 4.79 Å². The molecule has 3 rings (SSSR count). The van der Waals surface area contributed by atoms with Gasteiger partial charge in [0, 0.05) is 17.6 Å². The molecule has 138 valence electrons. The van der Waals surface area contributed by atoms with Crippen LogP contribution in [0, 0.1) is 0 Å². The summed E-state index contributed by atoms with van der Waals surface area (Å²) in [6.07, 6.45) is -1.40. The van der Waals surface area contributed by atoms with E-state index in [2.05, 4.69) is 20.4 Å². The Balaban J connectivity index is 1.98. The van der Waals surface area contributed by atoms with Crippen molar-refractivity contribution in [1.29, 1.82) is 0 Å². The first-order valence-corrected chi connectivity index (χ1v) is 8.24. The van der Waals surface area contributed by atoms with E-state index in [0.29, 0.717) is 27.3 Å². The topological polar surface area (TPSA) is 128 Å². The number of aromatic amines is 1. The number of hydrogen-bond donors (Lipinski definition) is 4. The van der Waals surface area contributed by atoms with E-state index in [-0.39, 0.29) is 17.3 Å². The molecule has 1 amide bonds. The van der Waals surface area contributed by atoms with E-state index in [1.807, 2.05) is 0 Å². The Hall–Kier alpha value is -3.23. The summed E-state index contributed by atoms with van der Waals surface area (Å²) in [5.41, 5.74) is 0.581. The summed E-state index contributed by atoms with van der Waals surface area (Å²) < 4.78 is 0. The second kappa shape index (κ2) is 7.56. The number of oxime groups is 1. The average molecular weight is 387 g/mol. The lowest BCUT2D eigenvalue weighted by Crippen LogP contribution is -2.25. The van der Waals surface area contributed by atoms with E-state index in [9.17, 15) is 19.9 Å². The van der Waals surface area contributed by atoms with Gasteiger partial charge in [-0.1, -0.05) is 28.9 Å². The molecular formula is C18H15ClN4O4. The van der Waals surface area contributed by atoms with E-state index in [0.717, 1.165) is 0 Å². The first-order valence-electron chi connectivity index (χ1n) is 7.86. The Bertz CT molecular complexity index is 1090. The molecule has 0 radical (unpaired) electrons. The minimum absolute atomic E-state index is 0.217. The van der Waals surface area contributed by atoms with Gasteiger partial charge in [0.05, 0.1) is 11.0 Å². The van der Waals surface area contributed by atoms with E-state index in [1.165, 1.54) is 19.1 Å². The third-order valence-electron chi connectivity index (χ3n) is 3.81. The number of rotatable bonds is 4. The van der Waals surface area contributed by atoms with Crippen LogP contribution in [0.2, 0.25) is 5.02 Å². The smallest absolute Gasteiger partial charge is 0.276 e. The number of aliphatic hydroxyl groups excluding tert-OH is 1. The van der Waals surface area contributed by atoms with Crippen molar-refractivity contribution in [2.45, 2.75) is 13.0 Å². The molecule has 1 heterocycles. The number of H-pyrrole nitrogens is 1. The van der Waals surface area contributed by atoms with Gasteiger partial charge in [-0.2, -0.15) is 0 Å². The highest BCUT2D eigenvalue weighted by molar-refractivity contribution is 6.31. The van der Waals surface area contributed by atoms with Gasteiger partial charge in [0.15, 0.2) is 5.69 Å². The van der Waals surface area contributed by atoms with Gasteiger partial charge in [-0.25, -0.2) is 4.98 Å². The van der Waals surface area contributed by atoms with E-state index in [1.54, 1.807) is 30.3 Å². The number of carbonyl (C=O) groups is 1. The normalized spacial score (nSPS) is 12.8. The number of aliphatic hydroxyl groups is 1. The molecule has 3 aromatic rings. The lowest BCUT2D eigenvalue weighted by atomic mass is 10.0. The Morgan fingerprint density at radius 2 is 1.96 bits per heavy atom. The molecule has 0 spiro atoms. The molecule has 4 N–H and O–H groups in total. The molecule has 0 unspecified atom stereocenters. The fraction of sp³-hybridized carbons (Fsp3) is 0.111. The summed E-state index contributed by atoms with van der Waals surface area (Å²) in [6, 6.07) is 11.0. The fourth-order valence-electron chi connectivity index (χ4n) is 2.57. The van der Waals surface area contributed by atoms with Gasteiger partial charge in [0.25, 0.3) is 5.56 Å². The molecule has 9 heteroatoms. The molecule has 27 heavy (non-hydrogen) atoms. The molecule has 2 aromatic carbocycles. The van der Waals surface area contributed by atoms with Crippen molar-refractivity contribution in [3.63, 3.8) is 0 Å². The predicted molar refractivity (Wildman–Crippen MR) is 101 cm³/mol. The largest absolute Gasteiger partial charge is 0.410 e. The summed E-state index contributed by atoms with van der Waals surface area (Å²) in [5, 5.41) is 26.1. The monoisotopic (exact) mass is 386 g/mol. The van der Waals surface area contributed by atoms with Gasteiger partial charge in [-0.15, -0.1) is 0 Å². The van der Waals surface area contributed by atoms with Gasteiger partial charge in [-0.3, -0.25) is 9.59 Å². The quantitative estimate of drug-likeness (QED) is 0.311. The van der Waals surface area contributed by atoms with Crippen LogP contribution in [0.15, 0.2) is 52.4 Å². The minimum atomic E-state index is -1.40. The third-order valence-corrected chi connectivity index (χ3v) is 4.05. The lowest BCUT2D eigenvalue weighted by molar-refractivity contribution is -0.114. The van der Waals surface area contributed by atoms with Crippen molar-refractivity contribution in [3.8, 4) is 0 Å². The SMILES string of the molecule is CC(=O)Nc1ccc([C@@H](O)/C(=N/O)c2nc3ccc(Cl)cc3[nH]c2=O)cc1. The van der Waals surface area contributed by atoms with Gasteiger partial charge >= 0.3 is 0 Å². The van der Waals surface area contributed by atoms with Crippen molar-refractivity contribution in [2.24, 2.45) is 5.16 Å². The van der Waals surface area contributed by atoms with Gasteiger partial charge in [-0.05, 0) is 35.9 Å². The zero-order chi connectivity index (χ0) is 19.6. The molecule has 0 aliphatic carbocycles. The van der Waals surface area contributed by atoms with Crippen molar-refractivity contribution >= 4 is 39.9 Å². The highest BCUT2D eigenvalue weighted by Crippen LogP contribution is 2.21. The Kier molecular flexibility index (Phi) is 5.20. The standard InChI is InChI=1S/C18H15ClN4O4/c1-9(24)20-12-5-2-10(3-6-12)17(25)15(23-27)16-18(26)22-14-8-11(19)4-7-13(14)21-16/h2-8,17,25,27H,1H3,(H,20,24)(H,22,26)/b23-15+/t17-/m1/s1. The molecule has 1 atom stereocenters. The second-order valence-corrected chi connectivity index (χ2v) is 6.20. The fourth-order valence-corrected chi connectivity index (χ4v) is 2.75. The molecule has 0 aliphatic heterocycles. The summed E-state index contributed by atoms with van der Waals surface area (Å²) in [6.45, 7) is 1.38. The Morgan fingerprint density at radius 3 is 2.59 bits per heavy atom. The Morgan fingerprint density at radius 1 is 1.26 bits per heavy atom. The summed E-state index contributed by atoms with van der Waals surface area (Å²) in [5.74, 6) is -0.229. The summed E-state index contributed by atoms with van der Waals surface area (Å²) >= 11 is 5.90. The summed E-state index contributed by atoms with van der Waals surface area (Å²) in [4.78, 5) is 30.2. The maximum atomic E-state index is 12.3. The van der Waals surface area contributed by atoms with Crippen LogP contribution in [0.25, 0.3) is 11.0 Å². The van der Waals surface area contributed by atoms with Crippen LogP contribution in [-0.4, -0.2) is 31.9 Å². The molecule has 0 saturated heterocycles. The molecular weight excluding hydrogens is 372 g/mol. The predicted octanol–water partition coefficient (Wildman–Crippen LogP) is 2.45. The molecule has 1 aromatic heterocycles. The van der Waals surface area contributed by atoms with E-state index >= 15 is 0 Å². The molecule has 0 saturated carbocycles. The van der Waals surface area contributed by atoms with Crippen LogP contribution in [0.5, 0.6) is 0 Å². The van der Waals surface area contributed by atoms with Gasteiger partial charge in [0.1, 0.15) is 11.8 Å². The van der Waals surface area contributed by atoms with Crippen LogP contribution < -0.4 is 10.9 Å². The van der Waals surface area contributed by atoms with Crippen LogP contribution >= 0.6 is 11.6 Å². The van der Waals surface area contributed by atoms with Gasteiger partial charge < -0.3 is 20.6 Å². The number of aromatic nitrogens is 2. The number of nitrogens with zero attached hydrogens (tertiary/aromatic N) is 2. The minimum Gasteiger partial charge on any atom is -0.410 e. The third kappa shape index (κ3) is 3.97. The van der Waals surface area contributed by atoms with Crippen LogP contribution in [0.1, 0.15) is 24.3 Å². The number of carbonyl (C=O) groups excluding carboxylic acids is 1. The molecule has 8 nitrogen and oxygen atoms in total. The van der Waals surface area contributed by atoms with Crippen LogP contribution in [0.4, 0.5) is 5.69 Å². The van der Waals surface area contributed by atoms with Crippen molar-refractivity contribution in [3.05, 3.63) is 69.1 Å². The van der Waals surface area contributed by atoms with Crippen molar-refractivity contribution in [1.82, 2.24) is 9.97 Å². The summed E-state index contributed by atoms with van der Waals surface area (Å²) in [7, 11) is 0.